The van der Waals surface area contributed by atoms with Crippen LogP contribution in [0, 0.1) is 11.3 Å². The van der Waals surface area contributed by atoms with Crippen molar-refractivity contribution < 1.29 is 5.11 Å². The minimum atomic E-state index is -0.441. The molecule has 3 atom stereocenters. The normalized spacial score (nSPS) is 24.7. The Morgan fingerprint density at radius 2 is 2.06 bits per heavy atom. The third-order valence-electron chi connectivity index (χ3n) is 4.03. The second-order valence-electron chi connectivity index (χ2n) is 5.80. The maximum atomic E-state index is 10.5. The highest BCUT2D eigenvalue weighted by Crippen LogP contribution is 2.56. The second-order valence-corrected chi connectivity index (χ2v) is 6.64. The molecule has 3 N–H and O–H groups in total. The number of halogens is 2. The summed E-state index contributed by atoms with van der Waals surface area (Å²) in [7, 11) is 0. The fourth-order valence-electron chi connectivity index (χ4n) is 2.62. The third kappa shape index (κ3) is 2.67. The molecule has 1 fully saturated rings. The van der Waals surface area contributed by atoms with Crippen LogP contribution in [-0.2, 0) is 0 Å². The Morgan fingerprint density at radius 1 is 1.44 bits per heavy atom. The number of aliphatic hydroxyl groups is 1. The summed E-state index contributed by atoms with van der Waals surface area (Å²) in [6.45, 7) is 4.71. The van der Waals surface area contributed by atoms with Crippen LogP contribution in [0.5, 0.6) is 0 Å². The van der Waals surface area contributed by atoms with E-state index in [0.717, 1.165) is 12.0 Å². The Morgan fingerprint density at radius 3 is 2.50 bits per heavy atom. The van der Waals surface area contributed by atoms with E-state index in [9.17, 15) is 5.11 Å². The van der Waals surface area contributed by atoms with E-state index in [1.165, 1.54) is 0 Å². The summed E-state index contributed by atoms with van der Waals surface area (Å²) in [5.41, 5.74) is 6.92. The van der Waals surface area contributed by atoms with E-state index in [2.05, 4.69) is 13.8 Å². The minimum absolute atomic E-state index is 0.124. The Bertz CT molecular complexity index is 447. The van der Waals surface area contributed by atoms with Gasteiger partial charge in [-0.05, 0) is 35.4 Å². The summed E-state index contributed by atoms with van der Waals surface area (Å²) in [5.74, 6) is 0.180. The van der Waals surface area contributed by atoms with Crippen LogP contribution in [-0.4, -0.2) is 17.8 Å². The van der Waals surface area contributed by atoms with Gasteiger partial charge in [-0.15, -0.1) is 0 Å². The first-order valence-electron chi connectivity index (χ1n) is 6.20. The van der Waals surface area contributed by atoms with Gasteiger partial charge in [0, 0.05) is 22.5 Å². The minimum Gasteiger partial charge on any atom is -0.392 e. The van der Waals surface area contributed by atoms with Gasteiger partial charge in [-0.1, -0.05) is 43.1 Å². The van der Waals surface area contributed by atoms with Gasteiger partial charge in [0.1, 0.15) is 0 Å². The SMILES string of the molecule is CC1(C)CC1C(O)C(CN)c1ccc(Cl)cc1Cl. The molecule has 0 aliphatic heterocycles. The van der Waals surface area contributed by atoms with Crippen LogP contribution in [0.25, 0.3) is 0 Å². The smallest absolute Gasteiger partial charge is 0.0654 e. The first-order chi connectivity index (χ1) is 8.36. The van der Waals surface area contributed by atoms with E-state index in [1.807, 2.05) is 6.07 Å². The van der Waals surface area contributed by atoms with Crippen LogP contribution in [0.4, 0.5) is 0 Å². The monoisotopic (exact) mass is 287 g/mol. The number of hydrogen-bond donors (Lipinski definition) is 2. The van der Waals surface area contributed by atoms with Gasteiger partial charge in [-0.2, -0.15) is 0 Å². The zero-order valence-corrected chi connectivity index (χ0v) is 12.2. The van der Waals surface area contributed by atoms with Crippen molar-refractivity contribution in [3.8, 4) is 0 Å². The lowest BCUT2D eigenvalue weighted by atomic mass is 9.88. The van der Waals surface area contributed by atoms with Crippen molar-refractivity contribution in [3.05, 3.63) is 33.8 Å². The van der Waals surface area contributed by atoms with E-state index in [1.54, 1.807) is 12.1 Å². The van der Waals surface area contributed by atoms with E-state index < -0.39 is 6.10 Å². The summed E-state index contributed by atoms with van der Waals surface area (Å²) in [4.78, 5) is 0. The topological polar surface area (TPSA) is 46.2 Å². The lowest BCUT2D eigenvalue weighted by molar-refractivity contribution is 0.109. The quantitative estimate of drug-likeness (QED) is 0.891. The van der Waals surface area contributed by atoms with Crippen LogP contribution < -0.4 is 5.73 Å². The summed E-state index contributed by atoms with van der Waals surface area (Å²) in [6.07, 6.45) is 0.597. The van der Waals surface area contributed by atoms with E-state index >= 15 is 0 Å². The predicted octanol–water partition coefficient (Wildman–Crippen LogP) is 3.44. The highest BCUT2D eigenvalue weighted by atomic mass is 35.5. The van der Waals surface area contributed by atoms with Crippen molar-refractivity contribution in [1.82, 2.24) is 0 Å². The molecule has 0 saturated heterocycles. The molecule has 3 unspecified atom stereocenters. The van der Waals surface area contributed by atoms with Crippen LogP contribution in [0.15, 0.2) is 18.2 Å². The molecule has 1 saturated carbocycles. The average molecular weight is 288 g/mol. The summed E-state index contributed by atoms with van der Waals surface area (Å²) in [5, 5.41) is 11.6. The van der Waals surface area contributed by atoms with Gasteiger partial charge in [0.2, 0.25) is 0 Å². The molecule has 1 aromatic carbocycles. The Hall–Kier alpha value is -0.280. The maximum Gasteiger partial charge on any atom is 0.0654 e. The molecule has 0 heterocycles. The number of benzene rings is 1. The standard InChI is InChI=1S/C14H19Cl2NO/c1-14(2)6-11(14)13(18)10(7-17)9-4-3-8(15)5-12(9)16/h3-5,10-11,13,18H,6-7,17H2,1-2H3. The lowest BCUT2D eigenvalue weighted by Crippen LogP contribution is -2.29. The number of aliphatic hydroxyl groups excluding tert-OH is 1. The third-order valence-corrected chi connectivity index (χ3v) is 4.59. The van der Waals surface area contributed by atoms with Crippen LogP contribution in [0.1, 0.15) is 31.7 Å². The highest BCUT2D eigenvalue weighted by molar-refractivity contribution is 6.35. The molecule has 0 radical (unpaired) electrons. The van der Waals surface area contributed by atoms with Crippen molar-refractivity contribution in [2.75, 3.05) is 6.54 Å². The summed E-state index contributed by atoms with van der Waals surface area (Å²) < 4.78 is 0. The van der Waals surface area contributed by atoms with E-state index in [0.29, 0.717) is 22.5 Å². The Balaban J connectivity index is 2.23. The Labute approximate surface area is 118 Å². The number of hydrogen-bond acceptors (Lipinski definition) is 2. The first-order valence-corrected chi connectivity index (χ1v) is 6.95. The molecular formula is C14H19Cl2NO. The summed E-state index contributed by atoms with van der Waals surface area (Å²) in [6, 6.07) is 5.35. The molecular weight excluding hydrogens is 269 g/mol. The average Bonchev–Trinajstić information content (AvgIpc) is 2.91. The molecule has 100 valence electrons. The van der Waals surface area contributed by atoms with E-state index in [4.69, 9.17) is 28.9 Å². The van der Waals surface area contributed by atoms with Crippen LogP contribution >= 0.6 is 23.2 Å². The molecule has 2 nitrogen and oxygen atoms in total. The fraction of sp³-hybridized carbons (Fsp3) is 0.571. The van der Waals surface area contributed by atoms with Gasteiger partial charge in [-0.3, -0.25) is 0 Å². The first kappa shape index (κ1) is 14.1. The Kier molecular flexibility index (Phi) is 3.93. The van der Waals surface area contributed by atoms with Crippen LogP contribution in [0.3, 0.4) is 0 Å². The zero-order valence-electron chi connectivity index (χ0n) is 10.7. The summed E-state index contributed by atoms with van der Waals surface area (Å²) >= 11 is 12.1. The maximum absolute atomic E-state index is 10.5. The molecule has 1 aliphatic rings. The van der Waals surface area contributed by atoms with Crippen molar-refractivity contribution >= 4 is 23.2 Å². The van der Waals surface area contributed by atoms with Crippen molar-refractivity contribution in [2.45, 2.75) is 32.3 Å². The second kappa shape index (κ2) is 5.01. The van der Waals surface area contributed by atoms with Gasteiger partial charge in [0.25, 0.3) is 0 Å². The lowest BCUT2D eigenvalue weighted by Gasteiger charge is -2.24. The molecule has 0 spiro atoms. The van der Waals surface area contributed by atoms with Crippen molar-refractivity contribution in [3.63, 3.8) is 0 Å². The fourth-order valence-corrected chi connectivity index (χ4v) is 3.17. The van der Waals surface area contributed by atoms with Gasteiger partial charge in [-0.25, -0.2) is 0 Å². The highest BCUT2D eigenvalue weighted by Gasteiger charge is 2.51. The van der Waals surface area contributed by atoms with Gasteiger partial charge in [0.15, 0.2) is 0 Å². The molecule has 4 heteroatoms. The molecule has 1 aromatic rings. The molecule has 2 rings (SSSR count). The van der Waals surface area contributed by atoms with Gasteiger partial charge >= 0.3 is 0 Å². The predicted molar refractivity (Wildman–Crippen MR) is 76.2 cm³/mol. The zero-order chi connectivity index (χ0) is 13.5. The van der Waals surface area contributed by atoms with Gasteiger partial charge in [0.05, 0.1) is 6.10 Å². The van der Waals surface area contributed by atoms with Crippen molar-refractivity contribution in [1.29, 1.82) is 0 Å². The molecule has 0 aromatic heterocycles. The van der Waals surface area contributed by atoms with Gasteiger partial charge < -0.3 is 10.8 Å². The number of rotatable bonds is 4. The largest absolute Gasteiger partial charge is 0.392 e. The molecule has 0 amide bonds. The number of nitrogens with two attached hydrogens (primary N) is 1. The van der Waals surface area contributed by atoms with Crippen molar-refractivity contribution in [2.24, 2.45) is 17.1 Å². The molecule has 18 heavy (non-hydrogen) atoms. The van der Waals surface area contributed by atoms with E-state index in [-0.39, 0.29) is 11.3 Å². The molecule has 1 aliphatic carbocycles. The molecule has 0 bridgehead atoms. The van der Waals surface area contributed by atoms with Crippen LogP contribution in [0.2, 0.25) is 10.0 Å².